The lowest BCUT2D eigenvalue weighted by molar-refractivity contribution is -0.438. The molecule has 4 amide bonds. The number of amides is 4. The lowest BCUT2D eigenvalue weighted by Crippen LogP contribution is -2.40. The SMILES string of the molecule is CCN1/C(=C/C=C/C=C/C2=[N+](CCCCCC(=O)NCCN3C(=O)CC(SC[C@@H](N)C(N)=O)C3=O)c3ccc(S(=O)(=O)[O-])cc3C2(C)C)C(C)(C)c2cc(S(=O)(=O)O)ccc21. The van der Waals surface area contributed by atoms with Gasteiger partial charge < -0.3 is 26.2 Å². The van der Waals surface area contributed by atoms with Crippen molar-refractivity contribution in [3.63, 3.8) is 0 Å². The third-order valence-corrected chi connectivity index (χ3v) is 14.4. The average Bonchev–Trinajstić information content (AvgIpc) is 3.67. The van der Waals surface area contributed by atoms with Gasteiger partial charge in [0.1, 0.15) is 16.7 Å². The summed E-state index contributed by atoms with van der Waals surface area (Å²) < 4.78 is 71.5. The van der Waals surface area contributed by atoms with E-state index in [0.29, 0.717) is 37.9 Å². The van der Waals surface area contributed by atoms with Crippen molar-refractivity contribution < 1.29 is 49.7 Å². The number of rotatable bonds is 19. The van der Waals surface area contributed by atoms with Crippen LogP contribution in [-0.2, 0) is 50.2 Å². The number of nitrogens with zero attached hydrogens (tertiary/aromatic N) is 3. The summed E-state index contributed by atoms with van der Waals surface area (Å²) in [5.41, 5.74) is 14.5. The van der Waals surface area contributed by atoms with E-state index in [1.807, 2.05) is 65.0 Å². The first kappa shape index (κ1) is 47.4. The molecule has 0 radical (unpaired) electrons. The van der Waals surface area contributed by atoms with Crippen LogP contribution in [0, 0.1) is 0 Å². The van der Waals surface area contributed by atoms with Gasteiger partial charge in [-0.1, -0.05) is 32.1 Å². The maximum absolute atomic E-state index is 12.7. The van der Waals surface area contributed by atoms with E-state index in [0.717, 1.165) is 45.0 Å². The first-order chi connectivity index (χ1) is 28.5. The zero-order chi connectivity index (χ0) is 45.1. The second-order valence-corrected chi connectivity index (χ2v) is 20.2. The third kappa shape index (κ3) is 10.5. The highest BCUT2D eigenvalue weighted by Crippen LogP contribution is 2.48. The number of fused-ring (bicyclic) bond motifs is 2. The van der Waals surface area contributed by atoms with Gasteiger partial charge in [-0.25, -0.2) is 8.42 Å². The van der Waals surface area contributed by atoms with Gasteiger partial charge in [-0.05, 0) is 75.6 Å². The highest BCUT2D eigenvalue weighted by Gasteiger charge is 2.45. The molecule has 2 aromatic carbocycles. The molecule has 0 aromatic heterocycles. The molecule has 19 heteroatoms. The van der Waals surface area contributed by atoms with E-state index >= 15 is 0 Å². The molecule has 0 bridgehead atoms. The number of hydrogen-bond donors (Lipinski definition) is 4. The van der Waals surface area contributed by atoms with Crippen molar-refractivity contribution in [1.29, 1.82) is 0 Å². The predicted octanol–water partition coefficient (Wildman–Crippen LogP) is 3.38. The van der Waals surface area contributed by atoms with Crippen molar-refractivity contribution in [1.82, 2.24) is 10.2 Å². The van der Waals surface area contributed by atoms with Crippen molar-refractivity contribution in [3.8, 4) is 0 Å². The molecule has 0 aliphatic carbocycles. The number of nitrogens with two attached hydrogens (primary N) is 2. The van der Waals surface area contributed by atoms with Crippen LogP contribution in [0.3, 0.4) is 0 Å². The summed E-state index contributed by atoms with van der Waals surface area (Å²) >= 11 is 1.11. The fourth-order valence-electron chi connectivity index (χ4n) is 8.01. The summed E-state index contributed by atoms with van der Waals surface area (Å²) in [6.07, 6.45) is 11.7. The summed E-state index contributed by atoms with van der Waals surface area (Å²) in [5, 5.41) is 2.12. The predicted molar refractivity (Wildman–Crippen MR) is 232 cm³/mol. The maximum Gasteiger partial charge on any atom is 0.294 e. The topological polar surface area (TPSA) is 253 Å². The molecule has 3 aliphatic heterocycles. The number of imide groups is 1. The second kappa shape index (κ2) is 18.8. The molecule has 3 heterocycles. The Hall–Kier alpha value is -4.66. The van der Waals surface area contributed by atoms with E-state index in [4.69, 9.17) is 11.5 Å². The number of benzene rings is 2. The Morgan fingerprint density at radius 1 is 0.984 bits per heavy atom. The fraction of sp³-hybridized carbons (Fsp3) is 0.452. The van der Waals surface area contributed by atoms with E-state index in [1.165, 1.54) is 24.3 Å². The molecular formula is C42H54N6O10S3. The van der Waals surface area contributed by atoms with E-state index in [9.17, 15) is 45.1 Å². The molecule has 1 unspecified atom stereocenters. The van der Waals surface area contributed by atoms with Gasteiger partial charge in [0.2, 0.25) is 29.3 Å². The monoisotopic (exact) mass is 898 g/mol. The number of thioether (sulfide) groups is 1. The van der Waals surface area contributed by atoms with Crippen molar-refractivity contribution in [2.45, 2.75) is 98.6 Å². The normalized spacial score (nSPS) is 19.7. The van der Waals surface area contributed by atoms with Crippen LogP contribution in [0.4, 0.5) is 11.4 Å². The van der Waals surface area contributed by atoms with Crippen molar-refractivity contribution >= 4 is 72.7 Å². The zero-order valence-corrected chi connectivity index (χ0v) is 37.4. The maximum atomic E-state index is 12.7. The molecule has 2 aromatic rings. The minimum Gasteiger partial charge on any atom is -0.744 e. The van der Waals surface area contributed by atoms with E-state index in [1.54, 1.807) is 12.1 Å². The van der Waals surface area contributed by atoms with Crippen LogP contribution in [0.15, 0.2) is 82.3 Å². The van der Waals surface area contributed by atoms with Crippen molar-refractivity contribution in [3.05, 3.63) is 83.6 Å². The molecule has 5 rings (SSSR count). The number of carbonyl (C=O) groups is 4. The highest BCUT2D eigenvalue weighted by atomic mass is 32.2. The van der Waals surface area contributed by atoms with Gasteiger partial charge in [0.25, 0.3) is 10.1 Å². The quantitative estimate of drug-likeness (QED) is 0.0520. The number of likely N-dealkylation sites (N-methyl/N-ethyl adjacent to an activating group) is 1. The third-order valence-electron chi connectivity index (χ3n) is 11.3. The lowest BCUT2D eigenvalue weighted by atomic mass is 9.81. The Morgan fingerprint density at radius 3 is 2.33 bits per heavy atom. The van der Waals surface area contributed by atoms with Crippen LogP contribution in [0.1, 0.15) is 77.8 Å². The summed E-state index contributed by atoms with van der Waals surface area (Å²) in [7, 11) is -9.08. The number of hydrogen-bond acceptors (Lipinski definition) is 12. The Balaban J connectivity index is 1.22. The van der Waals surface area contributed by atoms with E-state index < -0.39 is 48.3 Å². The van der Waals surface area contributed by atoms with Crippen LogP contribution >= 0.6 is 11.8 Å². The number of unbranched alkanes of at least 4 members (excludes halogenated alkanes) is 2. The smallest absolute Gasteiger partial charge is 0.294 e. The van der Waals surface area contributed by atoms with Gasteiger partial charge in [-0.15, -0.1) is 11.8 Å². The van der Waals surface area contributed by atoms with E-state index in [2.05, 4.69) is 14.8 Å². The van der Waals surface area contributed by atoms with Crippen LogP contribution in [0.25, 0.3) is 0 Å². The zero-order valence-electron chi connectivity index (χ0n) is 34.9. The van der Waals surface area contributed by atoms with Gasteiger partial charge in [0.15, 0.2) is 5.71 Å². The molecule has 1 saturated heterocycles. The average molecular weight is 899 g/mol. The number of carbonyl (C=O) groups excluding carboxylic acids is 4. The van der Waals surface area contributed by atoms with Crippen LogP contribution < -0.4 is 21.7 Å². The molecule has 330 valence electrons. The summed E-state index contributed by atoms with van der Waals surface area (Å²) in [4.78, 5) is 51.7. The van der Waals surface area contributed by atoms with E-state index in [-0.39, 0.29) is 59.2 Å². The molecule has 61 heavy (non-hydrogen) atoms. The standard InChI is InChI=1S/C42H54N6O10S3/c1-6-46-32-18-16-27(60(53,54)55)23-29(32)41(2,3)35(46)13-9-7-10-14-36-42(4,5)30-24-28(61(56,57)58)17-19-33(30)47(36)21-12-8-11-15-37(49)45-20-22-48-38(50)25-34(40(48)52)59-26-31(43)39(44)51/h7,9-10,13-14,16-19,23-24,31,34H,6,8,11-12,15,20-22,25-26,43H2,1-5H3,(H4-,44,45,49,51,53,54,55,56,57,58)/t31-,34?/m1/s1. The highest BCUT2D eigenvalue weighted by molar-refractivity contribution is 8.00. The summed E-state index contributed by atoms with van der Waals surface area (Å²) in [6, 6.07) is 8.08. The van der Waals surface area contributed by atoms with Gasteiger partial charge in [-0.2, -0.15) is 13.0 Å². The van der Waals surface area contributed by atoms with Gasteiger partial charge in [-0.3, -0.25) is 28.6 Å². The van der Waals surface area contributed by atoms with Crippen molar-refractivity contribution in [2.75, 3.05) is 36.8 Å². The Morgan fingerprint density at radius 2 is 1.67 bits per heavy atom. The summed E-state index contributed by atoms with van der Waals surface area (Å²) in [6.45, 7) is 11.2. The van der Waals surface area contributed by atoms with Gasteiger partial charge >= 0.3 is 0 Å². The first-order valence-corrected chi connectivity index (χ1v) is 23.9. The fourth-order valence-corrected chi connectivity index (χ4v) is 10.1. The van der Waals surface area contributed by atoms with Crippen LogP contribution in [0.2, 0.25) is 0 Å². The first-order valence-electron chi connectivity index (χ1n) is 20.0. The molecule has 16 nitrogen and oxygen atoms in total. The number of allylic oxidation sites excluding steroid dienone is 6. The molecule has 0 spiro atoms. The van der Waals surface area contributed by atoms with Gasteiger partial charge in [0, 0.05) is 79.2 Å². The summed E-state index contributed by atoms with van der Waals surface area (Å²) in [5.74, 6) is -1.53. The molecule has 2 atom stereocenters. The molecule has 6 N–H and O–H groups in total. The number of nitrogens with one attached hydrogen (secondary N) is 1. The molecule has 3 aliphatic rings. The number of anilines is 1. The second-order valence-electron chi connectivity index (χ2n) is 16.2. The lowest BCUT2D eigenvalue weighted by Gasteiger charge is -2.25. The van der Waals surface area contributed by atoms with Crippen LogP contribution in [0.5, 0.6) is 0 Å². The van der Waals surface area contributed by atoms with Crippen molar-refractivity contribution in [2.24, 2.45) is 11.5 Å². The Kier molecular flexibility index (Phi) is 14.6. The Bertz CT molecular complexity index is 2440. The molecule has 0 saturated carbocycles. The molecular weight excluding hydrogens is 845 g/mol. The molecule has 1 fully saturated rings. The van der Waals surface area contributed by atoms with Gasteiger partial charge in [0.05, 0.1) is 26.5 Å². The largest absolute Gasteiger partial charge is 0.744 e. The number of primary amides is 1. The minimum absolute atomic E-state index is 0.0111. The Labute approximate surface area is 361 Å². The number of likely N-dealkylation sites (tertiary alicyclic amines) is 1. The van der Waals surface area contributed by atoms with Crippen LogP contribution in [-0.4, -0.2) is 108 Å². The minimum atomic E-state index is -4.70.